The lowest BCUT2D eigenvalue weighted by Crippen LogP contribution is -2.54. The number of hydrogen-bond donors (Lipinski definition) is 3. The van der Waals surface area contributed by atoms with Crippen molar-refractivity contribution in [2.45, 2.75) is 57.6 Å². The molecule has 3 N–H and O–H groups in total. The van der Waals surface area contributed by atoms with Crippen LogP contribution in [0.4, 0.5) is 4.79 Å². The van der Waals surface area contributed by atoms with Gasteiger partial charge in [-0.3, -0.25) is 9.59 Å². The quantitative estimate of drug-likeness (QED) is 0.301. The zero-order chi connectivity index (χ0) is 28.4. The molecule has 9 nitrogen and oxygen atoms in total. The minimum atomic E-state index is -0.933. The molecule has 1 aliphatic rings. The summed E-state index contributed by atoms with van der Waals surface area (Å²) in [6, 6.07) is 18.7. The maximum Gasteiger partial charge on any atom is 0.408 e. The molecule has 0 aliphatic heterocycles. The molecule has 1 heterocycles. The monoisotopic (exact) mass is 545 g/mol. The summed E-state index contributed by atoms with van der Waals surface area (Å²) in [5.74, 6) is -0.448. The molecule has 1 fully saturated rings. The van der Waals surface area contributed by atoms with Crippen molar-refractivity contribution >= 4 is 17.9 Å². The van der Waals surface area contributed by atoms with E-state index in [9.17, 15) is 14.4 Å². The summed E-state index contributed by atoms with van der Waals surface area (Å²) in [7, 11) is 0. The lowest BCUT2D eigenvalue weighted by Gasteiger charge is -2.42. The van der Waals surface area contributed by atoms with Crippen LogP contribution in [0.5, 0.6) is 0 Å². The first-order valence-electron chi connectivity index (χ1n) is 13.9. The van der Waals surface area contributed by atoms with Gasteiger partial charge in [0.15, 0.2) is 0 Å². The summed E-state index contributed by atoms with van der Waals surface area (Å²) in [6.07, 6.45) is 5.79. The van der Waals surface area contributed by atoms with Crippen LogP contribution in [0.1, 0.15) is 49.9 Å². The Morgan fingerprint density at radius 1 is 1.05 bits per heavy atom. The number of amides is 3. The number of ether oxygens (including phenoxy) is 1. The van der Waals surface area contributed by atoms with Crippen LogP contribution >= 0.6 is 0 Å². The number of rotatable bonds is 13. The molecule has 0 saturated heterocycles. The van der Waals surface area contributed by atoms with E-state index in [-0.39, 0.29) is 42.7 Å². The lowest BCUT2D eigenvalue weighted by atomic mass is 9.64. The van der Waals surface area contributed by atoms with E-state index in [2.05, 4.69) is 32.7 Å². The van der Waals surface area contributed by atoms with Crippen molar-refractivity contribution < 1.29 is 19.1 Å². The van der Waals surface area contributed by atoms with E-state index in [4.69, 9.17) is 4.74 Å². The first-order chi connectivity index (χ1) is 19.3. The number of hydrogen-bond acceptors (Lipinski definition) is 5. The number of nitrogens with zero attached hydrogens (tertiary/aromatic N) is 2. The molecule has 0 spiro atoms. The van der Waals surface area contributed by atoms with Crippen LogP contribution in [-0.2, 0) is 32.8 Å². The van der Waals surface area contributed by atoms with Gasteiger partial charge in [-0.25, -0.2) is 9.78 Å². The predicted octanol–water partition coefficient (Wildman–Crippen LogP) is 3.97. The molecule has 9 heteroatoms. The van der Waals surface area contributed by atoms with Gasteiger partial charge >= 0.3 is 6.09 Å². The Bertz CT molecular complexity index is 1230. The highest BCUT2D eigenvalue weighted by Crippen LogP contribution is 2.43. The van der Waals surface area contributed by atoms with E-state index < -0.39 is 12.1 Å². The normalized spacial score (nSPS) is 14.6. The predicted molar refractivity (Wildman–Crippen MR) is 152 cm³/mol. The van der Waals surface area contributed by atoms with Crippen LogP contribution in [0.3, 0.4) is 0 Å². The lowest BCUT2D eigenvalue weighted by molar-refractivity contribution is -0.138. The topological polar surface area (TPSA) is 116 Å². The van der Waals surface area contributed by atoms with Gasteiger partial charge in [-0.1, -0.05) is 80.9 Å². The van der Waals surface area contributed by atoms with Gasteiger partial charge in [0.1, 0.15) is 12.6 Å². The first kappa shape index (κ1) is 28.9. The van der Waals surface area contributed by atoms with Gasteiger partial charge < -0.3 is 25.3 Å². The molecule has 1 aromatic heterocycles. The number of benzene rings is 2. The Morgan fingerprint density at radius 3 is 2.35 bits per heavy atom. The molecule has 3 aromatic rings. The molecule has 1 saturated carbocycles. The van der Waals surface area contributed by atoms with Crippen molar-refractivity contribution in [2.24, 2.45) is 5.92 Å². The third-order valence-corrected chi connectivity index (χ3v) is 7.33. The van der Waals surface area contributed by atoms with Crippen molar-refractivity contribution in [1.82, 2.24) is 25.5 Å². The summed E-state index contributed by atoms with van der Waals surface area (Å²) >= 11 is 0. The van der Waals surface area contributed by atoms with Gasteiger partial charge in [0.25, 0.3) is 0 Å². The number of alkyl carbamates (subject to hydrolysis) is 1. The van der Waals surface area contributed by atoms with Gasteiger partial charge in [0.2, 0.25) is 11.8 Å². The van der Waals surface area contributed by atoms with Crippen LogP contribution in [0.2, 0.25) is 0 Å². The molecule has 0 radical (unpaired) electrons. The van der Waals surface area contributed by atoms with Crippen molar-refractivity contribution in [1.29, 1.82) is 0 Å². The van der Waals surface area contributed by atoms with Crippen molar-refractivity contribution in [2.75, 3.05) is 19.6 Å². The molecule has 0 bridgehead atoms. The fourth-order valence-corrected chi connectivity index (χ4v) is 5.08. The Balaban J connectivity index is 1.41. The summed E-state index contributed by atoms with van der Waals surface area (Å²) in [5, 5.41) is 5.80. The highest BCUT2D eigenvalue weighted by molar-refractivity contribution is 5.89. The minimum absolute atomic E-state index is 0.0585. The maximum absolute atomic E-state index is 13.8. The Hall–Kier alpha value is -4.14. The third-order valence-electron chi connectivity index (χ3n) is 7.33. The molecule has 4 rings (SSSR count). The zero-order valence-electron chi connectivity index (χ0n) is 23.3. The SMILES string of the molecule is CC(C)CN(CC(=O)NCC1(c2ccccc2)CCC1)C(=O)[C@H](Cc1cnc[nH]1)NC(=O)OCc1ccccc1. The fraction of sp³-hybridized carbons (Fsp3) is 0.419. The van der Waals surface area contributed by atoms with Crippen LogP contribution < -0.4 is 10.6 Å². The Morgan fingerprint density at radius 2 is 1.75 bits per heavy atom. The minimum Gasteiger partial charge on any atom is -0.445 e. The van der Waals surface area contributed by atoms with Crippen LogP contribution in [0.15, 0.2) is 73.2 Å². The average molecular weight is 546 g/mol. The van der Waals surface area contributed by atoms with E-state index >= 15 is 0 Å². The van der Waals surface area contributed by atoms with Gasteiger partial charge in [-0.2, -0.15) is 0 Å². The third kappa shape index (κ3) is 7.94. The van der Waals surface area contributed by atoms with E-state index in [1.165, 1.54) is 16.8 Å². The van der Waals surface area contributed by atoms with Crippen molar-refractivity contribution in [3.63, 3.8) is 0 Å². The second kappa shape index (κ2) is 13.8. The number of nitrogens with one attached hydrogen (secondary N) is 3. The highest BCUT2D eigenvalue weighted by atomic mass is 16.5. The zero-order valence-corrected chi connectivity index (χ0v) is 23.3. The molecule has 212 valence electrons. The van der Waals surface area contributed by atoms with E-state index in [1.807, 2.05) is 62.4 Å². The molecule has 1 aliphatic carbocycles. The summed E-state index contributed by atoms with van der Waals surface area (Å²) in [5.41, 5.74) is 2.70. The summed E-state index contributed by atoms with van der Waals surface area (Å²) in [6.45, 7) is 4.86. The number of aromatic amines is 1. The maximum atomic E-state index is 13.8. The smallest absolute Gasteiger partial charge is 0.408 e. The van der Waals surface area contributed by atoms with E-state index in [1.54, 1.807) is 6.20 Å². The molecular weight excluding hydrogens is 506 g/mol. The fourth-order valence-electron chi connectivity index (χ4n) is 5.08. The number of imidazole rings is 1. The van der Waals surface area contributed by atoms with Crippen LogP contribution in [0.25, 0.3) is 0 Å². The molecule has 3 amide bonds. The second-order valence-corrected chi connectivity index (χ2v) is 10.9. The van der Waals surface area contributed by atoms with Gasteiger partial charge in [-0.15, -0.1) is 0 Å². The van der Waals surface area contributed by atoms with Gasteiger partial charge in [-0.05, 0) is 29.9 Å². The van der Waals surface area contributed by atoms with Crippen LogP contribution in [0, 0.1) is 5.92 Å². The molecule has 1 atom stereocenters. The van der Waals surface area contributed by atoms with Crippen molar-refractivity contribution in [3.05, 3.63) is 90.0 Å². The molecule has 40 heavy (non-hydrogen) atoms. The first-order valence-corrected chi connectivity index (χ1v) is 13.9. The van der Waals surface area contributed by atoms with E-state index in [0.29, 0.717) is 18.8 Å². The standard InChI is InChI=1S/C31H39N5O4/c1-23(2)18-36(19-28(37)33-21-31(14-9-15-31)25-12-7-4-8-13-25)29(38)27(16-26-17-32-22-34-26)35-30(39)40-20-24-10-5-3-6-11-24/h3-8,10-13,17,22-23,27H,9,14-16,18-21H2,1-2H3,(H,32,34)(H,33,37)(H,35,39)/t27-/m0/s1. The van der Waals surface area contributed by atoms with Crippen LogP contribution in [-0.4, -0.2) is 58.5 Å². The number of H-pyrrole nitrogens is 1. The highest BCUT2D eigenvalue weighted by Gasteiger charge is 2.39. The molecule has 2 aromatic carbocycles. The number of carbonyl (C=O) groups is 3. The van der Waals surface area contributed by atoms with E-state index in [0.717, 1.165) is 24.8 Å². The second-order valence-electron chi connectivity index (χ2n) is 10.9. The van der Waals surface area contributed by atoms with Gasteiger partial charge in [0, 0.05) is 36.8 Å². The summed E-state index contributed by atoms with van der Waals surface area (Å²) in [4.78, 5) is 48.2. The summed E-state index contributed by atoms with van der Waals surface area (Å²) < 4.78 is 5.38. The molecule has 0 unspecified atom stereocenters. The Kier molecular flexibility index (Phi) is 9.94. The number of carbonyl (C=O) groups excluding carboxylic acids is 3. The molecular formula is C31H39N5O4. The van der Waals surface area contributed by atoms with Crippen molar-refractivity contribution in [3.8, 4) is 0 Å². The average Bonchev–Trinajstić information content (AvgIpc) is 3.44. The van der Waals surface area contributed by atoms with Gasteiger partial charge in [0.05, 0.1) is 12.9 Å². The number of aromatic nitrogens is 2. The Labute approximate surface area is 235 Å². The largest absolute Gasteiger partial charge is 0.445 e.